The zero-order chi connectivity index (χ0) is 11.5. The third-order valence-corrected chi connectivity index (χ3v) is 3.34. The molecule has 0 aliphatic heterocycles. The lowest BCUT2D eigenvalue weighted by Gasteiger charge is -2.01. The average molecular weight is 222 g/mol. The number of carbonyl (C=O) groups is 1. The van der Waals surface area contributed by atoms with Crippen molar-refractivity contribution in [2.45, 2.75) is 77.0 Å². The molecule has 16 heavy (non-hydrogen) atoms. The number of carbonyl (C=O) groups excluding carboxylic acids is 1. The van der Waals surface area contributed by atoms with Crippen molar-refractivity contribution < 1.29 is 4.79 Å². The molecule has 0 aromatic rings. The van der Waals surface area contributed by atoms with E-state index in [9.17, 15) is 4.79 Å². The molecule has 0 aromatic carbocycles. The van der Waals surface area contributed by atoms with Gasteiger partial charge in [0.05, 0.1) is 0 Å². The quantitative estimate of drug-likeness (QED) is 0.538. The highest BCUT2D eigenvalue weighted by Crippen LogP contribution is 2.12. The standard InChI is InChI=1S/C15H26O/c16-15-13-11-9-7-5-3-1-2-4-6-8-10-12-14-15/h9,11H,1-8,10,12-14H2/b11-9-. The molecule has 0 atom stereocenters. The van der Waals surface area contributed by atoms with E-state index in [2.05, 4.69) is 12.2 Å². The van der Waals surface area contributed by atoms with Gasteiger partial charge in [-0.05, 0) is 19.3 Å². The number of Topliss-reactive ketones (excluding diaryl/α,β-unsaturated/α-hetero) is 1. The summed E-state index contributed by atoms with van der Waals surface area (Å²) in [6.07, 6.45) is 18.8. The molecule has 1 aliphatic carbocycles. The lowest BCUT2D eigenvalue weighted by Crippen LogP contribution is -1.95. The fraction of sp³-hybridized carbons (Fsp3) is 0.800. The van der Waals surface area contributed by atoms with Crippen LogP contribution in [0.2, 0.25) is 0 Å². The summed E-state index contributed by atoms with van der Waals surface area (Å²) in [7, 11) is 0. The Morgan fingerprint density at radius 2 is 1.25 bits per heavy atom. The number of rotatable bonds is 0. The fourth-order valence-corrected chi connectivity index (χ4v) is 2.26. The highest BCUT2D eigenvalue weighted by molar-refractivity contribution is 5.79. The van der Waals surface area contributed by atoms with Crippen molar-refractivity contribution in [3.8, 4) is 0 Å². The molecule has 1 heteroatoms. The molecule has 0 saturated carbocycles. The first kappa shape index (κ1) is 13.5. The molecule has 0 amide bonds. The van der Waals surface area contributed by atoms with Crippen LogP contribution in [-0.2, 0) is 4.79 Å². The molecule has 1 rings (SSSR count). The molecule has 1 nitrogen and oxygen atoms in total. The molecule has 1 aliphatic rings. The Bertz CT molecular complexity index is 205. The minimum absolute atomic E-state index is 0.422. The van der Waals surface area contributed by atoms with Crippen molar-refractivity contribution in [1.82, 2.24) is 0 Å². The number of hydrogen-bond donors (Lipinski definition) is 0. The van der Waals surface area contributed by atoms with Gasteiger partial charge in [-0.15, -0.1) is 0 Å². The highest BCUT2D eigenvalue weighted by atomic mass is 16.1. The Kier molecular flexibility index (Phi) is 8.10. The summed E-state index contributed by atoms with van der Waals surface area (Å²) in [6, 6.07) is 0. The summed E-state index contributed by atoms with van der Waals surface area (Å²) < 4.78 is 0. The van der Waals surface area contributed by atoms with Crippen LogP contribution in [-0.4, -0.2) is 5.78 Å². The van der Waals surface area contributed by atoms with E-state index in [1.54, 1.807) is 0 Å². The van der Waals surface area contributed by atoms with E-state index in [0.717, 1.165) is 19.3 Å². The summed E-state index contributed by atoms with van der Waals surface area (Å²) in [4.78, 5) is 11.5. The van der Waals surface area contributed by atoms with Gasteiger partial charge in [-0.3, -0.25) is 4.79 Å². The molecule has 0 radical (unpaired) electrons. The third-order valence-electron chi connectivity index (χ3n) is 3.34. The van der Waals surface area contributed by atoms with Crippen LogP contribution in [0.4, 0.5) is 0 Å². The molecular formula is C15H26O. The molecule has 0 bridgehead atoms. The summed E-state index contributed by atoms with van der Waals surface area (Å²) in [6.45, 7) is 0. The van der Waals surface area contributed by atoms with Crippen molar-refractivity contribution in [2.24, 2.45) is 0 Å². The zero-order valence-electron chi connectivity index (χ0n) is 10.5. The molecule has 0 N–H and O–H groups in total. The molecule has 0 unspecified atom stereocenters. The predicted octanol–water partition coefficient (Wildman–Crippen LogP) is 4.81. The largest absolute Gasteiger partial charge is 0.299 e. The van der Waals surface area contributed by atoms with Crippen LogP contribution < -0.4 is 0 Å². The Hall–Kier alpha value is -0.590. The van der Waals surface area contributed by atoms with Crippen molar-refractivity contribution >= 4 is 5.78 Å². The van der Waals surface area contributed by atoms with Crippen LogP contribution in [0.25, 0.3) is 0 Å². The van der Waals surface area contributed by atoms with Gasteiger partial charge in [-0.25, -0.2) is 0 Å². The van der Waals surface area contributed by atoms with E-state index in [1.165, 1.54) is 51.4 Å². The first-order valence-corrected chi connectivity index (χ1v) is 7.06. The molecule has 0 fully saturated rings. The van der Waals surface area contributed by atoms with Gasteiger partial charge in [-0.2, -0.15) is 0 Å². The minimum Gasteiger partial charge on any atom is -0.299 e. The van der Waals surface area contributed by atoms with E-state index in [-0.39, 0.29) is 0 Å². The summed E-state index contributed by atoms with van der Waals surface area (Å²) in [5, 5.41) is 0. The minimum atomic E-state index is 0.422. The molecule has 0 heterocycles. The zero-order valence-corrected chi connectivity index (χ0v) is 10.5. The first-order valence-electron chi connectivity index (χ1n) is 7.06. The van der Waals surface area contributed by atoms with Crippen LogP contribution in [0.1, 0.15) is 77.0 Å². The summed E-state index contributed by atoms with van der Waals surface area (Å²) in [5.74, 6) is 0.422. The molecule has 0 aromatic heterocycles. The van der Waals surface area contributed by atoms with Gasteiger partial charge in [0.15, 0.2) is 0 Å². The van der Waals surface area contributed by atoms with Crippen LogP contribution in [0.3, 0.4) is 0 Å². The van der Waals surface area contributed by atoms with Gasteiger partial charge in [0.1, 0.15) is 5.78 Å². The lowest BCUT2D eigenvalue weighted by molar-refractivity contribution is -0.118. The SMILES string of the molecule is O=C1C/C=C\CCCCCCCCCCC1. The van der Waals surface area contributed by atoms with Crippen LogP contribution >= 0.6 is 0 Å². The van der Waals surface area contributed by atoms with Crippen molar-refractivity contribution in [3.63, 3.8) is 0 Å². The highest BCUT2D eigenvalue weighted by Gasteiger charge is 1.99. The van der Waals surface area contributed by atoms with Gasteiger partial charge < -0.3 is 0 Å². The summed E-state index contributed by atoms with van der Waals surface area (Å²) in [5.41, 5.74) is 0. The normalized spacial score (nSPS) is 24.4. The maximum Gasteiger partial charge on any atom is 0.136 e. The maximum absolute atomic E-state index is 11.5. The second-order valence-electron chi connectivity index (χ2n) is 4.93. The van der Waals surface area contributed by atoms with E-state index in [1.807, 2.05) is 0 Å². The second kappa shape index (κ2) is 9.62. The first-order chi connectivity index (χ1) is 7.89. The van der Waals surface area contributed by atoms with Gasteiger partial charge in [0, 0.05) is 12.8 Å². The smallest absolute Gasteiger partial charge is 0.136 e. The second-order valence-corrected chi connectivity index (χ2v) is 4.93. The maximum atomic E-state index is 11.5. The van der Waals surface area contributed by atoms with Gasteiger partial charge >= 0.3 is 0 Å². The van der Waals surface area contributed by atoms with Gasteiger partial charge in [-0.1, -0.05) is 57.1 Å². The van der Waals surface area contributed by atoms with Crippen molar-refractivity contribution in [3.05, 3.63) is 12.2 Å². The third kappa shape index (κ3) is 7.67. The van der Waals surface area contributed by atoms with E-state index < -0.39 is 0 Å². The van der Waals surface area contributed by atoms with Crippen LogP contribution in [0, 0.1) is 0 Å². The lowest BCUT2D eigenvalue weighted by atomic mass is 10.1. The number of allylic oxidation sites excluding steroid dienone is 2. The Morgan fingerprint density at radius 3 is 1.94 bits per heavy atom. The molecule has 0 saturated heterocycles. The van der Waals surface area contributed by atoms with Crippen LogP contribution in [0.5, 0.6) is 0 Å². The number of hydrogen-bond acceptors (Lipinski definition) is 1. The Balaban J connectivity index is 2.21. The molecule has 0 spiro atoms. The molecular weight excluding hydrogens is 196 g/mol. The predicted molar refractivity (Wildman–Crippen MR) is 69.6 cm³/mol. The molecule has 92 valence electrons. The average Bonchev–Trinajstić information content (AvgIpc) is 2.29. The van der Waals surface area contributed by atoms with E-state index in [0.29, 0.717) is 12.2 Å². The van der Waals surface area contributed by atoms with Gasteiger partial charge in [0.2, 0.25) is 0 Å². The van der Waals surface area contributed by atoms with Crippen LogP contribution in [0.15, 0.2) is 12.2 Å². The monoisotopic (exact) mass is 222 g/mol. The van der Waals surface area contributed by atoms with Gasteiger partial charge in [0.25, 0.3) is 0 Å². The fourth-order valence-electron chi connectivity index (χ4n) is 2.26. The van der Waals surface area contributed by atoms with Crippen molar-refractivity contribution in [1.29, 1.82) is 0 Å². The van der Waals surface area contributed by atoms with Crippen molar-refractivity contribution in [2.75, 3.05) is 0 Å². The van der Waals surface area contributed by atoms with E-state index >= 15 is 0 Å². The topological polar surface area (TPSA) is 17.1 Å². The number of ketones is 1. The Morgan fingerprint density at radius 1 is 0.688 bits per heavy atom. The Labute approximate surface area is 100 Å². The van der Waals surface area contributed by atoms with E-state index in [4.69, 9.17) is 0 Å². The summed E-state index contributed by atoms with van der Waals surface area (Å²) >= 11 is 0.